The molecule has 0 saturated heterocycles. The Bertz CT molecular complexity index is 641. The maximum absolute atomic E-state index is 11.7. The minimum Gasteiger partial charge on any atom is -0.490 e. The first kappa shape index (κ1) is 22.5. The van der Waals surface area contributed by atoms with Crippen molar-refractivity contribution in [3.63, 3.8) is 0 Å². The molecule has 0 aromatic heterocycles. The van der Waals surface area contributed by atoms with Gasteiger partial charge in [-0.1, -0.05) is 12.1 Å². The van der Waals surface area contributed by atoms with Gasteiger partial charge in [-0.2, -0.15) is 0 Å². The molecule has 2 unspecified atom stereocenters. The number of aliphatic hydroxyl groups excluding tert-OH is 2. The summed E-state index contributed by atoms with van der Waals surface area (Å²) in [6.45, 7) is 6.20. The number of nitrogens with one attached hydrogen (secondary N) is 1. The van der Waals surface area contributed by atoms with Crippen molar-refractivity contribution >= 4 is 12.1 Å². The monoisotopic (exact) mass is 385 g/mol. The van der Waals surface area contributed by atoms with Gasteiger partial charge in [0.1, 0.15) is 17.8 Å². The normalized spacial score (nSPS) is 13.4. The van der Waals surface area contributed by atoms with Crippen LogP contribution in [0.25, 0.3) is 0 Å². The van der Waals surface area contributed by atoms with E-state index in [4.69, 9.17) is 19.3 Å². The molecule has 0 aliphatic rings. The maximum atomic E-state index is 11.7. The average Bonchev–Trinajstić information content (AvgIpc) is 2.56. The minimum atomic E-state index is -1.45. The van der Waals surface area contributed by atoms with Crippen LogP contribution < -0.4 is 14.8 Å². The molecule has 1 rings (SSSR count). The standard InChI is InChI=1S/C18H27NO8/c1-5-25-13-8-6-7-11(16(13)26-10-14(21)22)15(23)12(20)9-19-17(24)27-18(2,3)4/h6-8,12,15,20,23H,5,9-10H2,1-4H3,(H,19,24)(H,21,22). The molecule has 0 fully saturated rings. The zero-order valence-electron chi connectivity index (χ0n) is 15.9. The highest BCUT2D eigenvalue weighted by molar-refractivity contribution is 5.69. The van der Waals surface area contributed by atoms with E-state index in [9.17, 15) is 19.8 Å². The quantitative estimate of drug-likeness (QED) is 0.502. The fourth-order valence-corrected chi connectivity index (χ4v) is 2.14. The molecule has 0 aliphatic heterocycles. The SMILES string of the molecule is CCOc1cccc(C(O)C(O)CNC(=O)OC(C)(C)C)c1OCC(=O)O. The van der Waals surface area contributed by atoms with Crippen molar-refractivity contribution in [2.45, 2.75) is 45.5 Å². The molecule has 152 valence electrons. The Morgan fingerprint density at radius 3 is 2.41 bits per heavy atom. The number of carbonyl (C=O) groups is 2. The fraction of sp³-hybridized carbons (Fsp3) is 0.556. The van der Waals surface area contributed by atoms with E-state index in [2.05, 4.69) is 5.32 Å². The molecule has 1 amide bonds. The maximum Gasteiger partial charge on any atom is 0.407 e. The Morgan fingerprint density at radius 2 is 1.85 bits per heavy atom. The van der Waals surface area contributed by atoms with Gasteiger partial charge in [-0.3, -0.25) is 0 Å². The van der Waals surface area contributed by atoms with Crippen LogP contribution in [-0.4, -0.2) is 58.8 Å². The van der Waals surface area contributed by atoms with E-state index in [-0.39, 0.29) is 23.6 Å². The number of carbonyl (C=O) groups excluding carboxylic acids is 1. The summed E-state index contributed by atoms with van der Waals surface area (Å²) in [5.41, 5.74) is -0.558. The van der Waals surface area contributed by atoms with Crippen LogP contribution in [0.5, 0.6) is 11.5 Å². The Hall–Kier alpha value is -2.52. The van der Waals surface area contributed by atoms with Crippen molar-refractivity contribution in [2.75, 3.05) is 19.8 Å². The van der Waals surface area contributed by atoms with Crippen LogP contribution in [0.15, 0.2) is 18.2 Å². The molecule has 9 nitrogen and oxygen atoms in total. The molecule has 1 aromatic rings. The third-order valence-electron chi connectivity index (χ3n) is 3.19. The van der Waals surface area contributed by atoms with Crippen LogP contribution in [0.2, 0.25) is 0 Å². The van der Waals surface area contributed by atoms with E-state index in [1.54, 1.807) is 39.8 Å². The molecule has 0 spiro atoms. The topological polar surface area (TPSA) is 135 Å². The predicted octanol–water partition coefficient (Wildman–Crippen LogP) is 1.47. The van der Waals surface area contributed by atoms with E-state index in [0.29, 0.717) is 6.61 Å². The lowest BCUT2D eigenvalue weighted by Gasteiger charge is -2.24. The van der Waals surface area contributed by atoms with E-state index in [0.717, 1.165) is 0 Å². The summed E-state index contributed by atoms with van der Waals surface area (Å²) in [6, 6.07) is 4.61. The van der Waals surface area contributed by atoms with Crippen molar-refractivity contribution < 1.29 is 39.1 Å². The Kier molecular flexibility index (Phi) is 8.32. The number of benzene rings is 1. The third kappa shape index (κ3) is 7.71. The smallest absolute Gasteiger partial charge is 0.407 e. The number of ether oxygens (including phenoxy) is 3. The number of rotatable bonds is 9. The fourth-order valence-electron chi connectivity index (χ4n) is 2.14. The summed E-state index contributed by atoms with van der Waals surface area (Å²) in [5.74, 6) is -0.943. The summed E-state index contributed by atoms with van der Waals surface area (Å²) in [6.07, 6.45) is -3.58. The number of alkyl carbamates (subject to hydrolysis) is 1. The number of carboxylic acids is 1. The lowest BCUT2D eigenvalue weighted by molar-refractivity contribution is -0.139. The zero-order valence-corrected chi connectivity index (χ0v) is 15.9. The molecule has 4 N–H and O–H groups in total. The van der Waals surface area contributed by atoms with Gasteiger partial charge in [0.05, 0.1) is 6.61 Å². The summed E-state index contributed by atoms with van der Waals surface area (Å²) in [7, 11) is 0. The van der Waals surface area contributed by atoms with Gasteiger partial charge in [-0.15, -0.1) is 0 Å². The number of para-hydroxylation sites is 1. The summed E-state index contributed by atoms with van der Waals surface area (Å²) >= 11 is 0. The van der Waals surface area contributed by atoms with Gasteiger partial charge in [0, 0.05) is 12.1 Å². The number of hydrogen-bond donors (Lipinski definition) is 4. The lowest BCUT2D eigenvalue weighted by atomic mass is 10.0. The van der Waals surface area contributed by atoms with Gasteiger partial charge in [-0.05, 0) is 33.8 Å². The molecule has 1 aromatic carbocycles. The second-order valence-corrected chi connectivity index (χ2v) is 6.68. The van der Waals surface area contributed by atoms with Crippen LogP contribution in [0.3, 0.4) is 0 Å². The molecule has 2 atom stereocenters. The van der Waals surface area contributed by atoms with Crippen molar-refractivity contribution in [2.24, 2.45) is 0 Å². The van der Waals surface area contributed by atoms with Gasteiger partial charge in [0.15, 0.2) is 18.1 Å². The number of carboxylic acid groups (broad SMARTS) is 1. The molecule has 0 radical (unpaired) electrons. The molecule has 0 bridgehead atoms. The van der Waals surface area contributed by atoms with Crippen LogP contribution >= 0.6 is 0 Å². The molecular formula is C18H27NO8. The van der Waals surface area contributed by atoms with Crippen molar-refractivity contribution in [3.8, 4) is 11.5 Å². The summed E-state index contributed by atoms with van der Waals surface area (Å²) in [4.78, 5) is 22.5. The molecule has 27 heavy (non-hydrogen) atoms. The van der Waals surface area contributed by atoms with Gasteiger partial charge in [0.2, 0.25) is 0 Å². The van der Waals surface area contributed by atoms with Gasteiger partial charge in [-0.25, -0.2) is 9.59 Å². The second-order valence-electron chi connectivity index (χ2n) is 6.68. The lowest BCUT2D eigenvalue weighted by Crippen LogP contribution is -2.39. The van der Waals surface area contributed by atoms with Crippen LogP contribution in [-0.2, 0) is 9.53 Å². The second kappa shape index (κ2) is 9.98. The average molecular weight is 385 g/mol. The largest absolute Gasteiger partial charge is 0.490 e. The predicted molar refractivity (Wildman–Crippen MR) is 95.9 cm³/mol. The first-order valence-electron chi connectivity index (χ1n) is 8.48. The number of amides is 1. The zero-order chi connectivity index (χ0) is 20.6. The van der Waals surface area contributed by atoms with Gasteiger partial charge < -0.3 is 34.8 Å². The van der Waals surface area contributed by atoms with Crippen molar-refractivity contribution in [3.05, 3.63) is 23.8 Å². The number of hydrogen-bond acceptors (Lipinski definition) is 7. The Morgan fingerprint density at radius 1 is 1.19 bits per heavy atom. The van der Waals surface area contributed by atoms with E-state index < -0.39 is 36.5 Å². The highest BCUT2D eigenvalue weighted by atomic mass is 16.6. The van der Waals surface area contributed by atoms with Crippen LogP contribution in [0.1, 0.15) is 39.4 Å². The van der Waals surface area contributed by atoms with Crippen LogP contribution in [0, 0.1) is 0 Å². The van der Waals surface area contributed by atoms with Crippen LogP contribution in [0.4, 0.5) is 4.79 Å². The molecule has 0 saturated carbocycles. The number of aliphatic carboxylic acids is 1. The van der Waals surface area contributed by atoms with E-state index in [1.807, 2.05) is 0 Å². The Labute approximate surface area is 157 Å². The van der Waals surface area contributed by atoms with Gasteiger partial charge >= 0.3 is 12.1 Å². The number of aliphatic hydroxyl groups is 2. The summed E-state index contributed by atoms with van der Waals surface area (Å²) in [5, 5.41) is 31.9. The highest BCUT2D eigenvalue weighted by Crippen LogP contribution is 2.36. The summed E-state index contributed by atoms with van der Waals surface area (Å²) < 4.78 is 15.7. The third-order valence-corrected chi connectivity index (χ3v) is 3.19. The van der Waals surface area contributed by atoms with E-state index in [1.165, 1.54) is 6.07 Å². The van der Waals surface area contributed by atoms with E-state index >= 15 is 0 Å². The molecule has 0 heterocycles. The first-order valence-corrected chi connectivity index (χ1v) is 8.48. The Balaban J connectivity index is 2.90. The highest BCUT2D eigenvalue weighted by Gasteiger charge is 2.26. The van der Waals surface area contributed by atoms with Crippen molar-refractivity contribution in [1.82, 2.24) is 5.32 Å². The minimum absolute atomic E-state index is 0.0190. The first-order chi connectivity index (χ1) is 12.5. The molecule has 9 heteroatoms. The molecule has 0 aliphatic carbocycles. The molecular weight excluding hydrogens is 358 g/mol. The van der Waals surface area contributed by atoms with Crippen molar-refractivity contribution in [1.29, 1.82) is 0 Å². The van der Waals surface area contributed by atoms with Gasteiger partial charge in [0.25, 0.3) is 0 Å².